The first-order valence-corrected chi connectivity index (χ1v) is 11.5. The maximum absolute atomic E-state index is 13.0. The van der Waals surface area contributed by atoms with Crippen molar-refractivity contribution in [3.63, 3.8) is 0 Å². The van der Waals surface area contributed by atoms with Crippen LogP contribution in [0.4, 0.5) is 5.69 Å². The topological polar surface area (TPSA) is 110 Å². The predicted octanol–water partition coefficient (Wildman–Crippen LogP) is 2.33. The minimum Gasteiger partial charge on any atom is -0.492 e. The average molecular weight is 466 g/mol. The lowest BCUT2D eigenvalue weighted by atomic mass is 9.95. The number of halogens is 1. The number of carbonyl (C=O) groups is 1. The zero-order valence-electron chi connectivity index (χ0n) is 16.4. The van der Waals surface area contributed by atoms with E-state index in [1.165, 1.54) is 22.5 Å². The summed E-state index contributed by atoms with van der Waals surface area (Å²) in [5, 5.41) is 11.5. The molecule has 0 bridgehead atoms. The van der Waals surface area contributed by atoms with Gasteiger partial charge in [-0.25, -0.2) is 8.42 Å². The summed E-state index contributed by atoms with van der Waals surface area (Å²) in [6.07, 6.45) is 0.515. The van der Waals surface area contributed by atoms with Crippen LogP contribution >= 0.6 is 11.6 Å². The van der Waals surface area contributed by atoms with E-state index in [-0.39, 0.29) is 55.2 Å². The molecule has 1 saturated heterocycles. The summed E-state index contributed by atoms with van der Waals surface area (Å²) in [5.41, 5.74) is 0.594. The molecule has 0 N–H and O–H groups in total. The number of amides is 1. The Kier molecular flexibility index (Phi) is 5.87. The fraction of sp³-hybridized carbons (Fsp3) is 0.350. The Bertz CT molecular complexity index is 1130. The van der Waals surface area contributed by atoms with Gasteiger partial charge in [0.05, 0.1) is 15.7 Å². The molecule has 4 rings (SSSR count). The molecular weight excluding hydrogens is 446 g/mol. The largest absolute Gasteiger partial charge is 0.492 e. The fourth-order valence-electron chi connectivity index (χ4n) is 3.84. The van der Waals surface area contributed by atoms with Gasteiger partial charge in [-0.3, -0.25) is 14.9 Å². The molecule has 31 heavy (non-hydrogen) atoms. The van der Waals surface area contributed by atoms with Gasteiger partial charge in [-0.1, -0.05) is 17.7 Å². The molecule has 2 heterocycles. The zero-order valence-corrected chi connectivity index (χ0v) is 18.0. The maximum Gasteiger partial charge on any atom is 0.270 e. The number of nitro groups is 1. The van der Waals surface area contributed by atoms with E-state index in [4.69, 9.17) is 16.3 Å². The Labute approximate surface area is 184 Å². The number of nitro benzene ring substituents is 1. The number of rotatable bonds is 4. The van der Waals surface area contributed by atoms with Crippen molar-refractivity contribution in [2.24, 2.45) is 5.92 Å². The van der Waals surface area contributed by atoms with Gasteiger partial charge in [0.15, 0.2) is 0 Å². The molecule has 2 aromatic carbocycles. The first-order valence-electron chi connectivity index (χ1n) is 9.70. The van der Waals surface area contributed by atoms with Crippen molar-refractivity contribution in [1.29, 1.82) is 0 Å². The van der Waals surface area contributed by atoms with Crippen molar-refractivity contribution in [2.75, 3.05) is 32.8 Å². The molecule has 0 radical (unpaired) electrons. The summed E-state index contributed by atoms with van der Waals surface area (Å²) in [7, 11) is -3.89. The quantitative estimate of drug-likeness (QED) is 0.506. The average Bonchev–Trinajstić information content (AvgIpc) is 2.78. The summed E-state index contributed by atoms with van der Waals surface area (Å²) in [4.78, 5) is 24.8. The molecule has 11 heteroatoms. The third-order valence-electron chi connectivity index (χ3n) is 5.49. The van der Waals surface area contributed by atoms with Crippen molar-refractivity contribution in [3.8, 4) is 5.75 Å². The lowest BCUT2D eigenvalue weighted by Crippen LogP contribution is -2.52. The molecule has 0 aromatic heterocycles. The van der Waals surface area contributed by atoms with Gasteiger partial charge in [0.1, 0.15) is 12.4 Å². The zero-order chi connectivity index (χ0) is 22.2. The normalized spacial score (nSPS) is 19.4. The van der Waals surface area contributed by atoms with E-state index in [2.05, 4.69) is 0 Å². The molecule has 164 valence electrons. The van der Waals surface area contributed by atoms with Crippen molar-refractivity contribution < 1.29 is 22.9 Å². The second-order valence-corrected chi connectivity index (χ2v) is 9.82. The van der Waals surface area contributed by atoms with Crippen LogP contribution < -0.4 is 4.74 Å². The highest BCUT2D eigenvalue weighted by Crippen LogP contribution is 2.31. The Morgan fingerprint density at radius 1 is 1.13 bits per heavy atom. The molecule has 0 spiro atoms. The third kappa shape index (κ3) is 4.36. The molecule has 2 aliphatic heterocycles. The number of hydrogen-bond donors (Lipinski definition) is 0. The highest BCUT2D eigenvalue weighted by atomic mass is 35.5. The van der Waals surface area contributed by atoms with Crippen molar-refractivity contribution in [2.45, 2.75) is 11.3 Å². The SMILES string of the molecule is O=C(C1COc2ccc(Cl)cc2C1)N1CCN(S(=O)(=O)c2cccc([N+](=O)[O-])c2)CC1. The number of benzene rings is 2. The molecule has 1 unspecified atom stereocenters. The number of nitrogens with zero attached hydrogens (tertiary/aromatic N) is 3. The Hall–Kier alpha value is -2.69. The second kappa shape index (κ2) is 8.45. The second-order valence-electron chi connectivity index (χ2n) is 7.45. The summed E-state index contributed by atoms with van der Waals surface area (Å²) in [6, 6.07) is 10.3. The lowest BCUT2D eigenvalue weighted by molar-refractivity contribution is -0.385. The van der Waals surface area contributed by atoms with Crippen LogP contribution in [-0.4, -0.2) is 61.2 Å². The molecule has 2 aromatic rings. The van der Waals surface area contributed by atoms with Crippen molar-refractivity contribution in [3.05, 3.63) is 63.2 Å². The highest BCUT2D eigenvalue weighted by Gasteiger charge is 2.34. The first-order chi connectivity index (χ1) is 14.8. The van der Waals surface area contributed by atoms with E-state index in [0.717, 1.165) is 17.4 Å². The number of fused-ring (bicyclic) bond motifs is 1. The Balaban J connectivity index is 1.41. The Morgan fingerprint density at radius 3 is 2.58 bits per heavy atom. The van der Waals surface area contributed by atoms with Crippen LogP contribution in [0, 0.1) is 16.0 Å². The van der Waals surface area contributed by atoms with E-state index < -0.39 is 14.9 Å². The van der Waals surface area contributed by atoms with Crippen LogP contribution in [-0.2, 0) is 21.2 Å². The van der Waals surface area contributed by atoms with Gasteiger partial charge in [0.25, 0.3) is 5.69 Å². The number of ether oxygens (including phenoxy) is 1. The summed E-state index contributed by atoms with van der Waals surface area (Å²) < 4.78 is 32.7. The van der Waals surface area contributed by atoms with Gasteiger partial charge in [0, 0.05) is 43.3 Å². The van der Waals surface area contributed by atoms with Crippen LogP contribution in [0.3, 0.4) is 0 Å². The van der Waals surface area contributed by atoms with Crippen LogP contribution in [0.15, 0.2) is 47.4 Å². The molecule has 9 nitrogen and oxygen atoms in total. The number of sulfonamides is 1. The molecule has 0 aliphatic carbocycles. The summed E-state index contributed by atoms with van der Waals surface area (Å²) in [5.74, 6) is 0.283. The number of piperazine rings is 1. The highest BCUT2D eigenvalue weighted by molar-refractivity contribution is 7.89. The van der Waals surface area contributed by atoms with Crippen LogP contribution in [0.25, 0.3) is 0 Å². The van der Waals surface area contributed by atoms with E-state index in [1.807, 2.05) is 0 Å². The standard InChI is InChI=1S/C20H20ClN3O6S/c21-16-4-5-19-14(11-16)10-15(13-30-19)20(25)22-6-8-23(9-7-22)31(28,29)18-3-1-2-17(12-18)24(26)27/h1-5,11-12,15H,6-10,13H2. The number of carbonyl (C=O) groups excluding carboxylic acids is 1. The monoisotopic (exact) mass is 465 g/mol. The van der Waals surface area contributed by atoms with E-state index >= 15 is 0 Å². The fourth-order valence-corrected chi connectivity index (χ4v) is 5.49. The summed E-state index contributed by atoms with van der Waals surface area (Å²) in [6.45, 7) is 0.983. The van der Waals surface area contributed by atoms with E-state index in [9.17, 15) is 23.3 Å². The summed E-state index contributed by atoms with van der Waals surface area (Å²) >= 11 is 6.04. The van der Waals surface area contributed by atoms with Crippen molar-refractivity contribution >= 4 is 33.2 Å². The van der Waals surface area contributed by atoms with Gasteiger partial charge >= 0.3 is 0 Å². The van der Waals surface area contributed by atoms with E-state index in [0.29, 0.717) is 11.4 Å². The molecule has 1 fully saturated rings. The molecule has 1 atom stereocenters. The van der Waals surface area contributed by atoms with E-state index in [1.54, 1.807) is 23.1 Å². The van der Waals surface area contributed by atoms with Gasteiger partial charge in [-0.05, 0) is 36.2 Å². The first kappa shape index (κ1) is 21.5. The molecule has 1 amide bonds. The van der Waals surface area contributed by atoms with Gasteiger partial charge in [-0.2, -0.15) is 4.31 Å². The number of hydrogen-bond acceptors (Lipinski definition) is 6. The minimum absolute atomic E-state index is 0.0852. The molecule has 2 aliphatic rings. The van der Waals surface area contributed by atoms with Gasteiger partial charge in [-0.15, -0.1) is 0 Å². The molecular formula is C20H20ClN3O6S. The van der Waals surface area contributed by atoms with Gasteiger partial charge < -0.3 is 9.64 Å². The lowest BCUT2D eigenvalue weighted by Gasteiger charge is -2.36. The van der Waals surface area contributed by atoms with Crippen LogP contribution in [0.2, 0.25) is 5.02 Å². The smallest absolute Gasteiger partial charge is 0.270 e. The number of non-ortho nitro benzene ring substituents is 1. The Morgan fingerprint density at radius 2 is 1.87 bits per heavy atom. The molecule has 0 saturated carbocycles. The van der Waals surface area contributed by atoms with Gasteiger partial charge in [0.2, 0.25) is 15.9 Å². The maximum atomic E-state index is 13.0. The third-order valence-corrected chi connectivity index (χ3v) is 7.62. The minimum atomic E-state index is -3.89. The van der Waals surface area contributed by atoms with Crippen LogP contribution in [0.1, 0.15) is 5.56 Å². The predicted molar refractivity (Wildman–Crippen MR) is 113 cm³/mol. The van der Waals surface area contributed by atoms with Crippen LogP contribution in [0.5, 0.6) is 5.75 Å². The van der Waals surface area contributed by atoms with Crippen molar-refractivity contribution in [1.82, 2.24) is 9.21 Å².